The Kier molecular flexibility index (Phi) is 9.06. The van der Waals surface area contributed by atoms with Crippen LogP contribution in [0.5, 0.6) is 5.75 Å². The van der Waals surface area contributed by atoms with Crippen molar-refractivity contribution in [3.8, 4) is 5.75 Å². The Morgan fingerprint density at radius 3 is 2.57 bits per heavy atom. The van der Waals surface area contributed by atoms with Crippen molar-refractivity contribution >= 4 is 63.6 Å². The molecule has 2 aromatic rings. The monoisotopic (exact) mass is 680 g/mol. The second kappa shape index (κ2) is 12.8. The van der Waals surface area contributed by atoms with Crippen molar-refractivity contribution in [3.63, 3.8) is 0 Å². The number of nitrogens with zero attached hydrogens (tertiary/aromatic N) is 4. The Morgan fingerprint density at radius 1 is 1.24 bits per heavy atom. The summed E-state index contributed by atoms with van der Waals surface area (Å²) in [6.07, 6.45) is -3.58. The number of carbonyl (C=O) groups excluding carboxylic acids is 4. The number of β-lactam (4-membered cyclic amide) rings is 1. The number of methoxy groups -OCH3 is 1. The van der Waals surface area contributed by atoms with E-state index in [1.807, 2.05) is 12.1 Å². The molecule has 3 amide bonds. The van der Waals surface area contributed by atoms with Crippen LogP contribution >= 0.6 is 23.1 Å². The summed E-state index contributed by atoms with van der Waals surface area (Å²) in [5, 5.41) is 15.5. The number of thiazole rings is 1. The third kappa shape index (κ3) is 6.54. The molecule has 0 radical (unpaired) electrons. The number of benzene rings is 1. The van der Waals surface area contributed by atoms with Crippen LogP contribution < -0.4 is 15.8 Å². The molecule has 19 heteroatoms. The van der Waals surface area contributed by atoms with Gasteiger partial charge in [-0.1, -0.05) is 17.3 Å². The number of rotatable bonds is 9. The van der Waals surface area contributed by atoms with E-state index in [4.69, 9.17) is 10.5 Å². The summed E-state index contributed by atoms with van der Waals surface area (Å²) in [6.45, 7) is 0.744. The van der Waals surface area contributed by atoms with Gasteiger partial charge in [0.05, 0.1) is 7.11 Å². The number of thioether (sulfide) groups is 1. The first-order valence-corrected chi connectivity index (χ1v) is 15.1. The number of amides is 3. The molecule has 0 unspecified atom stereocenters. The maximum atomic E-state index is 13.1. The normalized spacial score (nSPS) is 20.9. The highest BCUT2D eigenvalue weighted by Gasteiger charge is 2.54. The summed E-state index contributed by atoms with van der Waals surface area (Å²) in [5.74, 6) is -5.73. The average Bonchev–Trinajstić information content (AvgIpc) is 3.59. The quantitative estimate of drug-likeness (QED) is 0.115. The van der Waals surface area contributed by atoms with Crippen molar-refractivity contribution in [1.82, 2.24) is 20.1 Å². The smallest absolute Gasteiger partial charge is 0.493 e. The third-order valence-electron chi connectivity index (χ3n) is 7.01. The Balaban J connectivity index is 1.31. The lowest BCUT2D eigenvalue weighted by Crippen LogP contribution is -2.71. The van der Waals surface area contributed by atoms with Crippen LogP contribution in [0.4, 0.5) is 18.3 Å². The number of likely N-dealkylation sites (tertiary alicyclic amines) is 1. The van der Waals surface area contributed by atoms with Crippen LogP contribution in [0, 0.1) is 0 Å². The molecule has 5 rings (SSSR count). The molecule has 4 N–H and O–H groups in total. The molecule has 2 atom stereocenters. The molecule has 46 heavy (non-hydrogen) atoms. The van der Waals surface area contributed by atoms with Gasteiger partial charge in [-0.15, -0.1) is 23.1 Å². The first-order chi connectivity index (χ1) is 21.8. The number of aliphatic carboxylic acids is 1. The number of nitrogen functional groups attached to an aromatic ring is 1. The van der Waals surface area contributed by atoms with Crippen LogP contribution in [0.3, 0.4) is 0 Å². The number of ether oxygens (including phenoxy) is 1. The number of alkyl halides is 3. The number of anilines is 1. The summed E-state index contributed by atoms with van der Waals surface area (Å²) < 4.78 is 43.0. The summed E-state index contributed by atoms with van der Waals surface area (Å²) in [6, 6.07) is 5.90. The van der Waals surface area contributed by atoms with E-state index in [0.29, 0.717) is 30.8 Å². The van der Waals surface area contributed by atoms with Crippen LogP contribution in [-0.2, 0) is 35.4 Å². The van der Waals surface area contributed by atoms with Gasteiger partial charge in [-0.2, -0.15) is 13.2 Å². The molecule has 0 saturated carbocycles. The van der Waals surface area contributed by atoms with Gasteiger partial charge < -0.3 is 30.6 Å². The zero-order chi connectivity index (χ0) is 33.3. The van der Waals surface area contributed by atoms with Crippen molar-refractivity contribution in [3.05, 3.63) is 63.8 Å². The van der Waals surface area contributed by atoms with Crippen molar-refractivity contribution in [1.29, 1.82) is 0 Å². The van der Waals surface area contributed by atoms with Gasteiger partial charge in [-0.05, 0) is 35.8 Å². The lowest BCUT2D eigenvalue weighted by atomic mass is 10.0. The van der Waals surface area contributed by atoms with Gasteiger partial charge >= 0.3 is 18.1 Å². The molecule has 2 saturated heterocycles. The van der Waals surface area contributed by atoms with Gasteiger partial charge in [0, 0.05) is 29.8 Å². The number of nitrogens with two attached hydrogens (primary N) is 1. The van der Waals surface area contributed by atoms with Crippen LogP contribution in [-0.4, -0.2) is 92.3 Å². The number of nitrogens with one attached hydrogen (secondary N) is 1. The molecular weight excluding hydrogens is 657 g/mol. The van der Waals surface area contributed by atoms with E-state index in [2.05, 4.69) is 20.3 Å². The Morgan fingerprint density at radius 2 is 1.96 bits per heavy atom. The first kappa shape index (κ1) is 32.5. The molecule has 3 aliphatic rings. The van der Waals surface area contributed by atoms with Gasteiger partial charge in [0.15, 0.2) is 10.8 Å². The molecule has 2 fully saturated rings. The molecule has 0 bridgehead atoms. The number of fused-ring (bicyclic) bond motifs is 1. The number of hydrogen-bond acceptors (Lipinski definition) is 12. The SMILES string of the molecule is COc1ccc(CN2CC/C(=C\C3=C(C(=O)O)N4C(=O)[C@@H](NC(=O)/C(=N\OC(=O)C(F)(F)F)c5csc(N)n5)[C@H]4SC3)C2=O)cc1. The van der Waals surface area contributed by atoms with Gasteiger partial charge in [0.25, 0.3) is 11.8 Å². The second-order valence-electron chi connectivity index (χ2n) is 9.92. The van der Waals surface area contributed by atoms with Gasteiger partial charge in [0.1, 0.15) is 28.6 Å². The van der Waals surface area contributed by atoms with Crippen molar-refractivity contribution < 1.29 is 51.8 Å². The standard InChI is InChI=1S/C27H23F3N6O8S2/c1-43-15-4-2-12(3-5-15)9-35-7-6-13(21(35)38)8-14-10-45-23-18(22(39)36(23)19(14)24(40)41)33-20(37)17(16-11-46-26(31)32-16)34-44-25(42)27(28,29)30/h2-5,8,11,18,23H,6-7,9-10H2,1H3,(H2,31,32)(H,33,37)(H,40,41)/b13-8+,34-17-/t18-,23-/m1/s1. The maximum Gasteiger partial charge on any atom is 0.493 e. The number of carbonyl (C=O) groups is 5. The van der Waals surface area contributed by atoms with Crippen LogP contribution in [0.25, 0.3) is 0 Å². The van der Waals surface area contributed by atoms with E-state index in [0.717, 1.165) is 33.6 Å². The summed E-state index contributed by atoms with van der Waals surface area (Å²) in [7, 11) is 1.55. The highest BCUT2D eigenvalue weighted by molar-refractivity contribution is 8.00. The van der Waals surface area contributed by atoms with Crippen LogP contribution in [0.15, 0.2) is 57.7 Å². The minimum atomic E-state index is -5.40. The Labute approximate surface area is 265 Å². The summed E-state index contributed by atoms with van der Waals surface area (Å²) in [5.41, 5.74) is 5.46. The predicted octanol–water partition coefficient (Wildman–Crippen LogP) is 1.64. The number of halogens is 3. The second-order valence-corrected chi connectivity index (χ2v) is 11.9. The van der Waals surface area contributed by atoms with Crippen molar-refractivity contribution in [2.75, 3.05) is 25.1 Å². The molecular formula is C27H23F3N6O8S2. The van der Waals surface area contributed by atoms with Crippen LogP contribution in [0.1, 0.15) is 17.7 Å². The molecule has 1 aromatic carbocycles. The van der Waals surface area contributed by atoms with E-state index in [9.17, 15) is 42.3 Å². The van der Waals surface area contributed by atoms with E-state index >= 15 is 0 Å². The van der Waals surface area contributed by atoms with E-state index in [1.54, 1.807) is 24.1 Å². The fourth-order valence-electron chi connectivity index (χ4n) is 4.82. The highest BCUT2D eigenvalue weighted by atomic mass is 32.2. The van der Waals surface area contributed by atoms with E-state index < -0.39 is 47.1 Å². The summed E-state index contributed by atoms with van der Waals surface area (Å²) in [4.78, 5) is 73.0. The molecule has 0 aliphatic carbocycles. The number of aromatic nitrogens is 1. The minimum absolute atomic E-state index is 0.0600. The number of hydrogen-bond donors (Lipinski definition) is 3. The first-order valence-electron chi connectivity index (χ1n) is 13.2. The molecule has 4 heterocycles. The lowest BCUT2D eigenvalue weighted by molar-refractivity contribution is -0.199. The molecule has 14 nitrogen and oxygen atoms in total. The maximum absolute atomic E-state index is 13.1. The van der Waals surface area contributed by atoms with Crippen molar-refractivity contribution in [2.24, 2.45) is 5.16 Å². The third-order valence-corrected chi connectivity index (χ3v) is 8.99. The molecule has 1 aromatic heterocycles. The Bertz CT molecular complexity index is 1710. The predicted molar refractivity (Wildman–Crippen MR) is 156 cm³/mol. The number of oxime groups is 1. The fraction of sp³-hybridized carbons (Fsp3) is 0.296. The molecule has 3 aliphatic heterocycles. The Hall–Kier alpha value is -4.91. The average molecular weight is 681 g/mol. The lowest BCUT2D eigenvalue weighted by Gasteiger charge is -2.49. The topological polar surface area (TPSA) is 194 Å². The van der Waals surface area contributed by atoms with E-state index in [1.165, 1.54) is 11.5 Å². The van der Waals surface area contributed by atoms with Gasteiger partial charge in [-0.25, -0.2) is 14.6 Å². The van der Waals surface area contributed by atoms with E-state index in [-0.39, 0.29) is 33.8 Å². The summed E-state index contributed by atoms with van der Waals surface area (Å²) >= 11 is 1.92. The molecule has 0 spiro atoms. The zero-order valence-corrected chi connectivity index (χ0v) is 25.2. The number of carboxylic acids is 1. The largest absolute Gasteiger partial charge is 0.497 e. The van der Waals surface area contributed by atoms with Gasteiger partial charge in [0.2, 0.25) is 5.91 Å². The number of allylic oxidation sites excluding steroid dienone is 1. The molecule has 242 valence electrons. The number of carboxylic acid groups (broad SMARTS) is 1. The van der Waals surface area contributed by atoms with Crippen LogP contribution in [0.2, 0.25) is 0 Å². The zero-order valence-electron chi connectivity index (χ0n) is 23.6. The highest BCUT2D eigenvalue weighted by Crippen LogP contribution is 2.41. The fourth-order valence-corrected chi connectivity index (χ4v) is 6.67. The van der Waals surface area contributed by atoms with Gasteiger partial charge in [-0.3, -0.25) is 19.3 Å². The minimum Gasteiger partial charge on any atom is -0.497 e. The van der Waals surface area contributed by atoms with Crippen molar-refractivity contribution in [2.45, 2.75) is 30.6 Å².